The summed E-state index contributed by atoms with van der Waals surface area (Å²) in [5, 5.41) is 10.7. The van der Waals surface area contributed by atoms with Gasteiger partial charge in [-0.1, -0.05) is 11.6 Å². The third-order valence-corrected chi connectivity index (χ3v) is 5.54. The Bertz CT molecular complexity index is 1010. The van der Waals surface area contributed by atoms with Crippen molar-refractivity contribution in [2.45, 2.75) is 45.2 Å². The molecule has 3 heterocycles. The van der Waals surface area contributed by atoms with Crippen LogP contribution < -0.4 is 16.0 Å². The number of amides is 2. The van der Waals surface area contributed by atoms with Crippen molar-refractivity contribution >= 4 is 40.7 Å². The maximum Gasteiger partial charge on any atom is 0.321 e. The maximum absolute atomic E-state index is 13.0. The van der Waals surface area contributed by atoms with Gasteiger partial charge in [-0.15, -0.1) is 0 Å². The fourth-order valence-corrected chi connectivity index (χ4v) is 4.09. The van der Waals surface area contributed by atoms with Gasteiger partial charge in [-0.05, 0) is 70.0 Å². The number of carbonyl (C=O) groups excluding carboxylic acids is 1. The molecule has 1 spiro atoms. The van der Waals surface area contributed by atoms with E-state index in [1.165, 1.54) is 0 Å². The monoisotopic (exact) mass is 426 g/mol. The molecule has 158 valence electrons. The van der Waals surface area contributed by atoms with Crippen molar-refractivity contribution in [3.05, 3.63) is 47.1 Å². The molecule has 2 aromatic rings. The van der Waals surface area contributed by atoms with E-state index in [2.05, 4.69) is 41.7 Å². The fraction of sp³-hybridized carbons (Fsp3) is 0.409. The van der Waals surface area contributed by atoms with Gasteiger partial charge in [0.1, 0.15) is 11.4 Å². The maximum atomic E-state index is 13.0. The van der Waals surface area contributed by atoms with Gasteiger partial charge in [0.05, 0.1) is 17.8 Å². The molecule has 2 aliphatic heterocycles. The van der Waals surface area contributed by atoms with E-state index in [9.17, 15) is 4.79 Å². The molecule has 1 aromatic carbocycles. The molecule has 0 saturated carbocycles. The van der Waals surface area contributed by atoms with Crippen molar-refractivity contribution in [2.75, 3.05) is 29.0 Å². The number of fused-ring (bicyclic) bond motifs is 1. The van der Waals surface area contributed by atoms with Crippen LogP contribution in [0.4, 0.5) is 22.0 Å². The first kappa shape index (κ1) is 20.5. The lowest BCUT2D eigenvalue weighted by Gasteiger charge is -2.39. The Morgan fingerprint density at radius 2 is 2.13 bits per heavy atom. The summed E-state index contributed by atoms with van der Waals surface area (Å²) >= 11 is 6.03. The number of anilines is 3. The van der Waals surface area contributed by atoms with E-state index >= 15 is 0 Å². The van der Waals surface area contributed by atoms with E-state index in [0.29, 0.717) is 18.1 Å². The standard InChI is InChI=1S/C22H27ClN6O/c1-14-12-15(23)7-8-16(14)25-20(30)29-11-9-22(13-29)19(28-21(2,3)4)26-18-17(27-22)6-5-10-24-18/h5-8,10,12,27H,9,11,13H2,1-4H3,(H,25,30)(H,24,26,28). The number of pyridine rings is 1. The minimum absolute atomic E-state index is 0.133. The number of amidine groups is 1. The number of nitrogens with zero attached hydrogens (tertiary/aromatic N) is 3. The molecule has 3 N–H and O–H groups in total. The van der Waals surface area contributed by atoms with Gasteiger partial charge in [-0.3, -0.25) is 4.99 Å². The van der Waals surface area contributed by atoms with E-state index < -0.39 is 5.54 Å². The Hall–Kier alpha value is -2.80. The molecule has 1 saturated heterocycles. The zero-order valence-corrected chi connectivity index (χ0v) is 18.5. The summed E-state index contributed by atoms with van der Waals surface area (Å²) in [7, 11) is 0. The molecule has 0 bridgehead atoms. The summed E-state index contributed by atoms with van der Waals surface area (Å²) < 4.78 is 0. The molecule has 1 atom stereocenters. The molecule has 4 rings (SSSR count). The lowest BCUT2D eigenvalue weighted by atomic mass is 9.93. The quantitative estimate of drug-likeness (QED) is 0.614. The number of hydrogen-bond donors (Lipinski definition) is 3. The Balaban J connectivity index is 1.59. The second-order valence-electron chi connectivity index (χ2n) is 8.92. The minimum atomic E-state index is -0.476. The van der Waals surface area contributed by atoms with Gasteiger partial charge in [0.25, 0.3) is 0 Å². The Kier molecular flexibility index (Phi) is 5.10. The number of aromatic nitrogens is 1. The van der Waals surface area contributed by atoms with Crippen molar-refractivity contribution in [1.29, 1.82) is 0 Å². The van der Waals surface area contributed by atoms with E-state index in [1.807, 2.05) is 36.1 Å². The highest BCUT2D eigenvalue weighted by atomic mass is 35.5. The smallest absolute Gasteiger partial charge is 0.321 e. The molecule has 1 aromatic heterocycles. The molecule has 7 nitrogen and oxygen atoms in total. The number of rotatable bonds is 1. The van der Waals surface area contributed by atoms with E-state index in [0.717, 1.165) is 35.0 Å². The van der Waals surface area contributed by atoms with Crippen molar-refractivity contribution in [3.8, 4) is 0 Å². The number of aryl methyl sites for hydroxylation is 1. The average molecular weight is 427 g/mol. The lowest BCUT2D eigenvalue weighted by molar-refractivity contribution is 0.221. The van der Waals surface area contributed by atoms with Crippen molar-refractivity contribution < 1.29 is 4.79 Å². The third kappa shape index (κ3) is 4.07. The first-order chi connectivity index (χ1) is 14.2. The van der Waals surface area contributed by atoms with Crippen LogP contribution in [0.25, 0.3) is 0 Å². The van der Waals surface area contributed by atoms with Crippen LogP contribution in [0.5, 0.6) is 0 Å². The van der Waals surface area contributed by atoms with E-state index in [1.54, 1.807) is 12.3 Å². The Labute approximate surface area is 181 Å². The molecule has 1 unspecified atom stereocenters. The van der Waals surface area contributed by atoms with Crippen LogP contribution in [0.1, 0.15) is 32.8 Å². The molecule has 1 fully saturated rings. The van der Waals surface area contributed by atoms with Gasteiger partial charge in [0, 0.05) is 23.5 Å². The van der Waals surface area contributed by atoms with Crippen LogP contribution in [-0.2, 0) is 0 Å². The molecule has 0 aliphatic carbocycles. The minimum Gasteiger partial charge on any atom is -0.368 e. The van der Waals surface area contributed by atoms with Gasteiger partial charge in [-0.25, -0.2) is 9.78 Å². The highest BCUT2D eigenvalue weighted by Gasteiger charge is 2.47. The summed E-state index contributed by atoms with van der Waals surface area (Å²) in [6, 6.07) is 9.20. The summed E-state index contributed by atoms with van der Waals surface area (Å²) in [4.78, 5) is 24.2. The van der Waals surface area contributed by atoms with Gasteiger partial charge in [-0.2, -0.15) is 0 Å². The van der Waals surface area contributed by atoms with Crippen LogP contribution in [0.3, 0.4) is 0 Å². The Morgan fingerprint density at radius 1 is 1.33 bits per heavy atom. The zero-order chi connectivity index (χ0) is 21.5. The normalized spacial score (nSPS) is 21.9. The number of hydrogen-bond acceptors (Lipinski definition) is 4. The molecule has 2 amide bonds. The van der Waals surface area contributed by atoms with Gasteiger partial charge < -0.3 is 20.9 Å². The van der Waals surface area contributed by atoms with Gasteiger partial charge >= 0.3 is 6.03 Å². The highest BCUT2D eigenvalue weighted by Crippen LogP contribution is 2.36. The summed E-state index contributed by atoms with van der Waals surface area (Å²) in [5.41, 5.74) is 1.87. The second kappa shape index (κ2) is 7.47. The molecule has 0 radical (unpaired) electrons. The predicted molar refractivity (Wildman–Crippen MR) is 123 cm³/mol. The number of nitrogens with one attached hydrogen (secondary N) is 3. The average Bonchev–Trinajstić information content (AvgIpc) is 3.08. The molecule has 30 heavy (non-hydrogen) atoms. The largest absolute Gasteiger partial charge is 0.368 e. The first-order valence-electron chi connectivity index (χ1n) is 10.1. The Morgan fingerprint density at radius 3 is 2.87 bits per heavy atom. The van der Waals surface area contributed by atoms with Gasteiger partial charge in [0.15, 0.2) is 5.82 Å². The lowest BCUT2D eigenvalue weighted by Crippen LogP contribution is -2.55. The molecular formula is C22H27ClN6O. The fourth-order valence-electron chi connectivity index (χ4n) is 3.86. The van der Waals surface area contributed by atoms with Gasteiger partial charge in [0.2, 0.25) is 0 Å². The number of aliphatic imine (C=N–C) groups is 1. The number of benzene rings is 1. The van der Waals surface area contributed by atoms with Crippen LogP contribution >= 0.6 is 11.6 Å². The summed E-state index contributed by atoms with van der Waals surface area (Å²) in [6.45, 7) is 9.23. The van der Waals surface area contributed by atoms with E-state index in [4.69, 9.17) is 16.6 Å². The molecule has 8 heteroatoms. The van der Waals surface area contributed by atoms with Crippen molar-refractivity contribution in [1.82, 2.24) is 9.88 Å². The van der Waals surface area contributed by atoms with Crippen LogP contribution in [0, 0.1) is 6.92 Å². The number of carbonyl (C=O) groups is 1. The second-order valence-corrected chi connectivity index (χ2v) is 9.36. The highest BCUT2D eigenvalue weighted by molar-refractivity contribution is 6.30. The SMILES string of the molecule is Cc1cc(Cl)ccc1NC(=O)N1CCC2(C1)Nc1cccnc1NC2=NC(C)(C)C. The zero-order valence-electron chi connectivity index (χ0n) is 17.7. The number of urea groups is 1. The number of halogens is 1. The van der Waals surface area contributed by atoms with Crippen LogP contribution in [0.15, 0.2) is 41.5 Å². The van der Waals surface area contributed by atoms with E-state index in [-0.39, 0.29) is 11.6 Å². The molecular weight excluding hydrogens is 400 g/mol. The van der Waals surface area contributed by atoms with Crippen LogP contribution in [0.2, 0.25) is 5.02 Å². The van der Waals surface area contributed by atoms with Crippen LogP contribution in [-0.4, -0.2) is 45.9 Å². The predicted octanol–water partition coefficient (Wildman–Crippen LogP) is 4.75. The van der Waals surface area contributed by atoms with Crippen molar-refractivity contribution in [3.63, 3.8) is 0 Å². The first-order valence-corrected chi connectivity index (χ1v) is 10.5. The summed E-state index contributed by atoms with van der Waals surface area (Å²) in [5.74, 6) is 1.57. The molecule has 2 aliphatic rings. The third-order valence-electron chi connectivity index (χ3n) is 5.31. The summed E-state index contributed by atoms with van der Waals surface area (Å²) in [6.07, 6.45) is 2.50. The number of likely N-dealkylation sites (tertiary alicyclic amines) is 1. The van der Waals surface area contributed by atoms with Crippen molar-refractivity contribution in [2.24, 2.45) is 4.99 Å². The topological polar surface area (TPSA) is 81.7 Å².